The fourth-order valence-electron chi connectivity index (χ4n) is 1.29. The largest absolute Gasteiger partial charge is 0.479 e. The number of benzene rings is 1. The summed E-state index contributed by atoms with van der Waals surface area (Å²) in [6.45, 7) is 0. The van der Waals surface area contributed by atoms with E-state index >= 15 is 0 Å². The van der Waals surface area contributed by atoms with Crippen molar-refractivity contribution in [1.29, 1.82) is 0 Å². The van der Waals surface area contributed by atoms with E-state index < -0.39 is 12.1 Å². The van der Waals surface area contributed by atoms with Gasteiger partial charge >= 0.3 is 5.97 Å². The molecule has 4 nitrogen and oxygen atoms in total. The van der Waals surface area contributed by atoms with Crippen molar-refractivity contribution in [1.82, 2.24) is 5.48 Å². The van der Waals surface area contributed by atoms with E-state index in [1.165, 1.54) is 6.08 Å². The molecular formula is C10H8BrNO3. The van der Waals surface area contributed by atoms with Gasteiger partial charge in [0.1, 0.15) is 0 Å². The first-order valence-corrected chi connectivity index (χ1v) is 5.09. The third-order valence-corrected chi connectivity index (χ3v) is 2.71. The Bertz CT molecular complexity index is 430. The lowest BCUT2D eigenvalue weighted by Crippen LogP contribution is -2.20. The molecule has 0 saturated heterocycles. The topological polar surface area (TPSA) is 58.6 Å². The zero-order chi connectivity index (χ0) is 10.8. The molecule has 1 heterocycles. The minimum absolute atomic E-state index is 0.662. The minimum Gasteiger partial charge on any atom is -0.479 e. The van der Waals surface area contributed by atoms with Gasteiger partial charge in [-0.05, 0) is 12.1 Å². The van der Waals surface area contributed by atoms with Crippen LogP contribution in [-0.2, 0) is 9.63 Å². The van der Waals surface area contributed by atoms with Crippen LogP contribution < -0.4 is 5.48 Å². The highest BCUT2D eigenvalue weighted by Crippen LogP contribution is 2.25. The third kappa shape index (κ3) is 2.03. The summed E-state index contributed by atoms with van der Waals surface area (Å²) in [6.07, 6.45) is 0.606. The van der Waals surface area contributed by atoms with E-state index in [1.54, 1.807) is 0 Å². The summed E-state index contributed by atoms with van der Waals surface area (Å²) in [5.41, 5.74) is 4.13. The maximum Gasteiger partial charge on any atom is 0.339 e. The summed E-state index contributed by atoms with van der Waals surface area (Å²) >= 11 is 3.38. The lowest BCUT2D eigenvalue weighted by atomic mass is 10.1. The van der Waals surface area contributed by atoms with Crippen molar-refractivity contribution in [3.63, 3.8) is 0 Å². The molecule has 5 heteroatoms. The Morgan fingerprint density at radius 2 is 2.20 bits per heavy atom. The Morgan fingerprint density at radius 3 is 2.80 bits per heavy atom. The van der Waals surface area contributed by atoms with Crippen LogP contribution in [0.2, 0.25) is 0 Å². The normalized spacial score (nSPS) is 19.5. The molecule has 0 amide bonds. The van der Waals surface area contributed by atoms with Crippen LogP contribution in [0.1, 0.15) is 5.56 Å². The number of aliphatic carboxylic acids is 1. The predicted octanol–water partition coefficient (Wildman–Crippen LogP) is 1.78. The Labute approximate surface area is 94.6 Å². The molecule has 1 unspecified atom stereocenters. The number of halogens is 1. The van der Waals surface area contributed by atoms with Gasteiger partial charge in [0.2, 0.25) is 6.10 Å². The van der Waals surface area contributed by atoms with E-state index in [0.29, 0.717) is 5.70 Å². The van der Waals surface area contributed by atoms with E-state index in [4.69, 9.17) is 9.94 Å². The number of carbonyl (C=O) groups is 1. The van der Waals surface area contributed by atoms with Crippen LogP contribution in [0.15, 0.2) is 34.8 Å². The molecule has 1 aromatic carbocycles. The number of rotatable bonds is 2. The van der Waals surface area contributed by atoms with E-state index in [1.807, 2.05) is 24.3 Å². The number of nitrogens with one attached hydrogen (secondary N) is 1. The summed E-state index contributed by atoms with van der Waals surface area (Å²) in [5.74, 6) is -1.01. The first kappa shape index (κ1) is 10.2. The van der Waals surface area contributed by atoms with Gasteiger partial charge < -0.3 is 5.11 Å². The molecule has 1 aliphatic rings. The smallest absolute Gasteiger partial charge is 0.339 e. The molecule has 1 atom stereocenters. The van der Waals surface area contributed by atoms with Crippen molar-refractivity contribution < 1.29 is 14.7 Å². The maximum atomic E-state index is 10.6. The summed E-state index contributed by atoms with van der Waals surface area (Å²) in [4.78, 5) is 15.5. The van der Waals surface area contributed by atoms with Gasteiger partial charge in [-0.15, -0.1) is 0 Å². The highest BCUT2D eigenvalue weighted by molar-refractivity contribution is 9.10. The van der Waals surface area contributed by atoms with Crippen LogP contribution in [0.25, 0.3) is 5.70 Å². The highest BCUT2D eigenvalue weighted by Gasteiger charge is 2.24. The molecule has 0 saturated carbocycles. The molecule has 1 aromatic rings. The van der Waals surface area contributed by atoms with E-state index in [0.717, 1.165) is 10.0 Å². The average Bonchev–Trinajstić information content (AvgIpc) is 2.67. The van der Waals surface area contributed by atoms with Crippen molar-refractivity contribution in [2.24, 2.45) is 0 Å². The maximum absolute atomic E-state index is 10.6. The summed E-state index contributed by atoms with van der Waals surface area (Å²) in [7, 11) is 0. The first-order chi connectivity index (χ1) is 7.18. The fourth-order valence-corrected chi connectivity index (χ4v) is 1.79. The molecule has 0 fully saturated rings. The Hall–Kier alpha value is -1.33. The van der Waals surface area contributed by atoms with Crippen LogP contribution in [-0.4, -0.2) is 17.2 Å². The van der Waals surface area contributed by atoms with E-state index in [2.05, 4.69) is 21.4 Å². The molecule has 15 heavy (non-hydrogen) atoms. The van der Waals surface area contributed by atoms with E-state index in [-0.39, 0.29) is 0 Å². The quantitative estimate of drug-likeness (QED) is 0.860. The lowest BCUT2D eigenvalue weighted by molar-refractivity contribution is -0.148. The van der Waals surface area contributed by atoms with Gasteiger partial charge in [0.05, 0.1) is 5.70 Å². The van der Waals surface area contributed by atoms with Crippen molar-refractivity contribution in [2.75, 3.05) is 0 Å². The number of carboxylic acid groups (broad SMARTS) is 1. The van der Waals surface area contributed by atoms with Gasteiger partial charge in [0.15, 0.2) is 0 Å². The molecule has 2 rings (SSSR count). The van der Waals surface area contributed by atoms with Gasteiger partial charge in [-0.2, -0.15) is 0 Å². The molecule has 0 bridgehead atoms. The fraction of sp³-hybridized carbons (Fsp3) is 0.100. The predicted molar refractivity (Wildman–Crippen MR) is 57.8 cm³/mol. The molecule has 0 aliphatic carbocycles. The third-order valence-electron chi connectivity index (χ3n) is 2.02. The zero-order valence-corrected chi connectivity index (χ0v) is 9.19. The molecular weight excluding hydrogens is 262 g/mol. The summed E-state index contributed by atoms with van der Waals surface area (Å²) < 4.78 is 0.887. The number of carboxylic acids is 1. The van der Waals surface area contributed by atoms with Crippen LogP contribution in [0.5, 0.6) is 0 Å². The van der Waals surface area contributed by atoms with Crippen LogP contribution in [0.4, 0.5) is 0 Å². The number of hydrogen-bond acceptors (Lipinski definition) is 3. The van der Waals surface area contributed by atoms with Crippen LogP contribution in [0.3, 0.4) is 0 Å². The van der Waals surface area contributed by atoms with Gasteiger partial charge in [-0.3, -0.25) is 10.3 Å². The SMILES string of the molecule is O=C(O)C1C=C(c2ccccc2Br)NO1. The number of hydrogen-bond donors (Lipinski definition) is 2. The number of hydroxylamine groups is 1. The minimum atomic E-state index is -1.01. The van der Waals surface area contributed by atoms with E-state index in [9.17, 15) is 4.79 Å². The average molecular weight is 270 g/mol. The monoisotopic (exact) mass is 269 g/mol. The highest BCUT2D eigenvalue weighted by atomic mass is 79.9. The van der Waals surface area contributed by atoms with Crippen LogP contribution in [0, 0.1) is 0 Å². The Balaban J connectivity index is 2.30. The van der Waals surface area contributed by atoms with Crippen LogP contribution >= 0.6 is 15.9 Å². The summed E-state index contributed by atoms with van der Waals surface area (Å²) in [6, 6.07) is 7.51. The second-order valence-electron chi connectivity index (χ2n) is 3.04. The molecule has 0 spiro atoms. The summed E-state index contributed by atoms with van der Waals surface area (Å²) in [5, 5.41) is 8.73. The van der Waals surface area contributed by atoms with Gasteiger partial charge in [-0.25, -0.2) is 4.79 Å². The van der Waals surface area contributed by atoms with Gasteiger partial charge in [0.25, 0.3) is 0 Å². The van der Waals surface area contributed by atoms with Crippen molar-refractivity contribution in [3.05, 3.63) is 40.4 Å². The Kier molecular flexibility index (Phi) is 2.75. The molecule has 1 aliphatic heterocycles. The second kappa shape index (κ2) is 4.04. The molecule has 78 valence electrons. The van der Waals surface area contributed by atoms with Crippen molar-refractivity contribution in [3.8, 4) is 0 Å². The molecule has 0 radical (unpaired) electrons. The standard InChI is InChI=1S/C10H8BrNO3/c11-7-4-2-1-3-6(7)8-5-9(10(13)14)15-12-8/h1-5,9,12H,(H,13,14). The van der Waals surface area contributed by atoms with Gasteiger partial charge in [0, 0.05) is 10.0 Å². The zero-order valence-electron chi connectivity index (χ0n) is 7.61. The van der Waals surface area contributed by atoms with Gasteiger partial charge in [-0.1, -0.05) is 34.1 Å². The van der Waals surface area contributed by atoms with Crippen molar-refractivity contribution in [2.45, 2.75) is 6.10 Å². The lowest BCUT2D eigenvalue weighted by Gasteiger charge is -2.05. The second-order valence-corrected chi connectivity index (χ2v) is 3.89. The molecule has 2 N–H and O–H groups in total. The first-order valence-electron chi connectivity index (χ1n) is 4.29. The Morgan fingerprint density at radius 1 is 1.47 bits per heavy atom. The molecule has 0 aromatic heterocycles. The van der Waals surface area contributed by atoms with Crippen molar-refractivity contribution >= 4 is 27.6 Å².